The number of aliphatic hydroxyl groups is 1. The quantitative estimate of drug-likeness (QED) is 0.757. The Morgan fingerprint density at radius 2 is 2.08 bits per heavy atom. The van der Waals surface area contributed by atoms with Crippen LogP contribution in [0.25, 0.3) is 0 Å². The van der Waals surface area contributed by atoms with Crippen molar-refractivity contribution in [1.29, 1.82) is 0 Å². The number of anilines is 2. The van der Waals surface area contributed by atoms with Gasteiger partial charge in [0, 0.05) is 11.8 Å². The van der Waals surface area contributed by atoms with Crippen LogP contribution in [0.15, 0.2) is 36.4 Å². The van der Waals surface area contributed by atoms with E-state index in [-0.39, 0.29) is 24.0 Å². The van der Waals surface area contributed by atoms with Gasteiger partial charge in [0.1, 0.15) is 12.4 Å². The number of nitrogens with one attached hydrogen (secondary N) is 2. The first-order chi connectivity index (χ1) is 12.3. The van der Waals surface area contributed by atoms with Crippen LogP contribution in [0.5, 0.6) is 5.75 Å². The zero-order valence-electron chi connectivity index (χ0n) is 15.1. The molecule has 26 heavy (non-hydrogen) atoms. The minimum atomic E-state index is -0.271. The van der Waals surface area contributed by atoms with Gasteiger partial charge in [-0.25, -0.2) is 0 Å². The molecule has 0 bridgehead atoms. The molecular formula is C20H23ClN2O3. The van der Waals surface area contributed by atoms with Crippen molar-refractivity contribution in [3.8, 4) is 5.75 Å². The van der Waals surface area contributed by atoms with Crippen molar-refractivity contribution in [2.24, 2.45) is 0 Å². The maximum Gasteiger partial charge on any atom is 0.257 e. The molecule has 0 saturated heterocycles. The van der Waals surface area contributed by atoms with E-state index in [4.69, 9.17) is 16.3 Å². The van der Waals surface area contributed by atoms with Crippen LogP contribution in [0.2, 0.25) is 5.02 Å². The fourth-order valence-electron chi connectivity index (χ4n) is 2.75. The molecule has 1 heterocycles. The molecule has 0 fully saturated rings. The predicted molar refractivity (Wildman–Crippen MR) is 105 cm³/mol. The summed E-state index contributed by atoms with van der Waals surface area (Å²) in [4.78, 5) is 12.6. The number of carbonyl (C=O) groups is 1. The molecule has 3 N–H and O–H groups in total. The maximum absolute atomic E-state index is 12.6. The van der Waals surface area contributed by atoms with Crippen molar-refractivity contribution < 1.29 is 14.6 Å². The standard InChI is InChI=1S/C20H23ClN2O3/c1-20(2,3)12-4-6-15(16(21)8-12)19(25)23-13-5-7-17-18(9-13)26-11-14(10-24)22-17/h4-9,14,22,24H,10-11H2,1-3H3,(H,23,25). The lowest BCUT2D eigenvalue weighted by atomic mass is 9.86. The van der Waals surface area contributed by atoms with Gasteiger partial charge in [0.25, 0.3) is 5.91 Å². The lowest BCUT2D eigenvalue weighted by Crippen LogP contribution is -2.34. The third-order valence-electron chi connectivity index (χ3n) is 4.34. The molecule has 0 radical (unpaired) electrons. The molecule has 1 amide bonds. The van der Waals surface area contributed by atoms with Gasteiger partial charge >= 0.3 is 0 Å². The van der Waals surface area contributed by atoms with Crippen molar-refractivity contribution >= 4 is 28.9 Å². The average molecular weight is 375 g/mol. The van der Waals surface area contributed by atoms with Gasteiger partial charge in [-0.1, -0.05) is 38.4 Å². The number of hydrogen-bond acceptors (Lipinski definition) is 4. The highest BCUT2D eigenvalue weighted by molar-refractivity contribution is 6.34. The van der Waals surface area contributed by atoms with E-state index in [0.29, 0.717) is 28.6 Å². The van der Waals surface area contributed by atoms with E-state index in [1.807, 2.05) is 18.2 Å². The molecular weight excluding hydrogens is 352 g/mol. The van der Waals surface area contributed by atoms with Crippen LogP contribution >= 0.6 is 11.6 Å². The van der Waals surface area contributed by atoms with Gasteiger partial charge in [-0.3, -0.25) is 4.79 Å². The number of hydrogen-bond donors (Lipinski definition) is 3. The van der Waals surface area contributed by atoms with Crippen molar-refractivity contribution in [2.75, 3.05) is 23.8 Å². The number of amides is 1. The van der Waals surface area contributed by atoms with E-state index in [1.165, 1.54) is 0 Å². The van der Waals surface area contributed by atoms with Crippen molar-refractivity contribution in [3.63, 3.8) is 0 Å². The van der Waals surface area contributed by atoms with E-state index in [0.717, 1.165) is 11.3 Å². The number of aliphatic hydroxyl groups excluding tert-OH is 1. The van der Waals surface area contributed by atoms with Crippen molar-refractivity contribution in [2.45, 2.75) is 32.2 Å². The number of rotatable bonds is 3. The first-order valence-corrected chi connectivity index (χ1v) is 8.91. The van der Waals surface area contributed by atoms with Crippen LogP contribution in [0.3, 0.4) is 0 Å². The Morgan fingerprint density at radius 1 is 1.31 bits per heavy atom. The summed E-state index contributed by atoms with van der Waals surface area (Å²) in [5.74, 6) is 0.370. The van der Waals surface area contributed by atoms with Gasteiger partial charge in [0.15, 0.2) is 0 Å². The SMILES string of the molecule is CC(C)(C)c1ccc(C(=O)Nc2ccc3c(c2)OCC(CO)N3)c(Cl)c1. The average Bonchev–Trinajstić information content (AvgIpc) is 2.60. The number of benzene rings is 2. The summed E-state index contributed by atoms with van der Waals surface area (Å²) in [6, 6.07) is 10.7. The van der Waals surface area contributed by atoms with Crippen LogP contribution in [0.4, 0.5) is 11.4 Å². The Balaban J connectivity index is 1.77. The monoisotopic (exact) mass is 374 g/mol. The molecule has 2 aromatic rings. The highest BCUT2D eigenvalue weighted by atomic mass is 35.5. The Labute approximate surface area is 158 Å². The molecule has 3 rings (SSSR count). The third kappa shape index (κ3) is 3.94. The summed E-state index contributed by atoms with van der Waals surface area (Å²) in [5, 5.41) is 15.7. The lowest BCUT2D eigenvalue weighted by molar-refractivity contribution is 0.102. The van der Waals surface area contributed by atoms with E-state index in [9.17, 15) is 9.90 Å². The maximum atomic E-state index is 12.6. The zero-order valence-corrected chi connectivity index (χ0v) is 15.9. The number of carbonyl (C=O) groups excluding carboxylic acids is 1. The van der Waals surface area contributed by atoms with Gasteiger partial charge < -0.3 is 20.5 Å². The van der Waals surface area contributed by atoms with Gasteiger partial charge in [0.2, 0.25) is 0 Å². The van der Waals surface area contributed by atoms with Gasteiger partial charge in [-0.15, -0.1) is 0 Å². The molecule has 0 aliphatic carbocycles. The molecule has 1 aliphatic heterocycles. The Hall–Kier alpha value is -2.24. The first-order valence-electron chi connectivity index (χ1n) is 8.53. The lowest BCUT2D eigenvalue weighted by Gasteiger charge is -2.26. The van der Waals surface area contributed by atoms with E-state index < -0.39 is 0 Å². The molecule has 1 aliphatic rings. The molecule has 0 spiro atoms. The summed E-state index contributed by atoms with van der Waals surface area (Å²) in [5.41, 5.74) is 2.88. The summed E-state index contributed by atoms with van der Waals surface area (Å²) >= 11 is 6.32. The Bertz CT molecular complexity index is 830. The number of fused-ring (bicyclic) bond motifs is 1. The normalized spacial score (nSPS) is 16.3. The highest BCUT2D eigenvalue weighted by Gasteiger charge is 2.20. The smallest absolute Gasteiger partial charge is 0.257 e. The molecule has 0 saturated carbocycles. The van der Waals surface area contributed by atoms with Crippen molar-refractivity contribution in [3.05, 3.63) is 52.5 Å². The third-order valence-corrected chi connectivity index (χ3v) is 4.65. The number of ether oxygens (including phenoxy) is 1. The molecule has 0 aromatic heterocycles. The van der Waals surface area contributed by atoms with E-state index in [1.54, 1.807) is 18.2 Å². The van der Waals surface area contributed by atoms with Crippen LogP contribution in [0.1, 0.15) is 36.7 Å². The van der Waals surface area contributed by atoms with E-state index >= 15 is 0 Å². The predicted octanol–water partition coefficient (Wildman–Crippen LogP) is 4.06. The van der Waals surface area contributed by atoms with Crippen LogP contribution in [-0.4, -0.2) is 30.3 Å². The summed E-state index contributed by atoms with van der Waals surface area (Å²) in [6.45, 7) is 6.67. The summed E-state index contributed by atoms with van der Waals surface area (Å²) in [7, 11) is 0. The summed E-state index contributed by atoms with van der Waals surface area (Å²) < 4.78 is 5.63. The second-order valence-corrected chi connectivity index (χ2v) is 7.85. The summed E-state index contributed by atoms with van der Waals surface area (Å²) in [6.07, 6.45) is 0. The number of halogens is 1. The van der Waals surface area contributed by atoms with Gasteiger partial charge in [0.05, 0.1) is 28.9 Å². The largest absolute Gasteiger partial charge is 0.489 e. The first kappa shape index (κ1) is 18.5. The molecule has 6 heteroatoms. The Kier molecular flexibility index (Phi) is 5.12. The molecule has 5 nitrogen and oxygen atoms in total. The minimum absolute atomic E-state index is 0.000980. The van der Waals surface area contributed by atoms with Crippen LogP contribution in [0, 0.1) is 0 Å². The second-order valence-electron chi connectivity index (χ2n) is 7.44. The molecule has 1 atom stereocenters. The second kappa shape index (κ2) is 7.17. The molecule has 1 unspecified atom stereocenters. The zero-order chi connectivity index (χ0) is 18.9. The van der Waals surface area contributed by atoms with Crippen LogP contribution in [-0.2, 0) is 5.41 Å². The van der Waals surface area contributed by atoms with E-state index in [2.05, 4.69) is 31.4 Å². The minimum Gasteiger partial charge on any atom is -0.489 e. The fraction of sp³-hybridized carbons (Fsp3) is 0.350. The van der Waals surface area contributed by atoms with Gasteiger partial charge in [-0.2, -0.15) is 0 Å². The highest BCUT2D eigenvalue weighted by Crippen LogP contribution is 2.32. The molecule has 138 valence electrons. The topological polar surface area (TPSA) is 70.6 Å². The van der Waals surface area contributed by atoms with Crippen molar-refractivity contribution in [1.82, 2.24) is 0 Å². The van der Waals surface area contributed by atoms with Crippen LogP contribution < -0.4 is 15.4 Å². The molecule has 2 aromatic carbocycles. The Morgan fingerprint density at radius 3 is 2.73 bits per heavy atom. The fourth-order valence-corrected chi connectivity index (χ4v) is 3.02. The van der Waals surface area contributed by atoms with Gasteiger partial charge in [-0.05, 0) is 35.2 Å².